The van der Waals surface area contributed by atoms with E-state index in [1.165, 1.54) is 0 Å². The Morgan fingerprint density at radius 2 is 0.602 bits per heavy atom. The first-order valence-electron chi connectivity index (χ1n) is 35.4. The van der Waals surface area contributed by atoms with Gasteiger partial charge in [0.25, 0.3) is 0 Å². The minimum atomic E-state index is -1.05. The molecule has 3 atom stereocenters. The zero-order valence-corrected chi connectivity index (χ0v) is 60.3. The fraction of sp³-hybridized carbons (Fsp3) is 0.800. The maximum atomic E-state index is 13.2. The molecule has 10 amide bonds. The molecule has 0 saturated carbocycles. The summed E-state index contributed by atoms with van der Waals surface area (Å²) in [5, 5.41) is 50.2. The van der Waals surface area contributed by atoms with E-state index in [0.29, 0.717) is 77.7 Å². The molecule has 1 saturated heterocycles. The van der Waals surface area contributed by atoms with Crippen LogP contribution >= 0.6 is 0 Å². The van der Waals surface area contributed by atoms with Gasteiger partial charge in [-0.05, 0) is 51.4 Å². The van der Waals surface area contributed by atoms with Crippen LogP contribution in [0.1, 0.15) is 90.9 Å². The fourth-order valence-corrected chi connectivity index (χ4v) is 9.58. The highest BCUT2D eigenvalue weighted by atomic mass is 16.5. The van der Waals surface area contributed by atoms with Crippen LogP contribution in [0.2, 0.25) is 0 Å². The molecular formula is C65H118N14O24. The maximum absolute atomic E-state index is 13.2. The van der Waals surface area contributed by atoms with E-state index in [1.807, 2.05) is 0 Å². The highest BCUT2D eigenvalue weighted by molar-refractivity contribution is 5.88. The first-order valence-corrected chi connectivity index (χ1v) is 35.4. The van der Waals surface area contributed by atoms with Crippen molar-refractivity contribution in [3.63, 3.8) is 0 Å². The van der Waals surface area contributed by atoms with E-state index in [0.717, 1.165) is 12.8 Å². The van der Waals surface area contributed by atoms with Crippen LogP contribution in [-0.2, 0) is 100 Å². The monoisotopic (exact) mass is 1480 g/mol. The summed E-state index contributed by atoms with van der Waals surface area (Å²) in [4.78, 5) is 164. The number of rotatable bonds is 63. The zero-order chi connectivity index (χ0) is 76.1. The second-order valence-corrected chi connectivity index (χ2v) is 24.4. The van der Waals surface area contributed by atoms with Gasteiger partial charge in [-0.2, -0.15) is 0 Å². The summed E-state index contributed by atoms with van der Waals surface area (Å²) in [5.74, 6) is -7.15. The van der Waals surface area contributed by atoms with Gasteiger partial charge in [0.05, 0.1) is 105 Å². The second kappa shape index (κ2) is 62.0. The lowest BCUT2D eigenvalue weighted by molar-refractivity contribution is -0.140. The number of amides is 10. The molecule has 0 aliphatic carbocycles. The predicted octanol–water partition coefficient (Wildman–Crippen LogP) is -5.18. The molecule has 38 heteroatoms. The first-order chi connectivity index (χ1) is 49.4. The summed E-state index contributed by atoms with van der Waals surface area (Å²) in [6, 6.07) is -0.903. The highest BCUT2D eigenvalue weighted by Gasteiger charge is 2.24. The predicted molar refractivity (Wildman–Crippen MR) is 370 cm³/mol. The van der Waals surface area contributed by atoms with Gasteiger partial charge in [-0.25, -0.2) is 0 Å². The van der Waals surface area contributed by atoms with E-state index < -0.39 is 47.6 Å². The number of ether oxygens (including phenoxy) is 8. The van der Waals surface area contributed by atoms with Crippen molar-refractivity contribution in [2.75, 3.05) is 230 Å². The standard InChI is InChI=1S/C65H118N14O24/c1-50(63(66)93)10-3-6-16-69-56(83)46-100-38-36-98-32-20-72-57(84)47-101-39-34-96-30-18-70-54(81)14-9-13-53(80)68-15-8-5-12-52(65(95)74-17-7-4-11-51(2)64(67)94)75-59(86)49-103-41-37-99-33-21-73-58(85)48-102-40-35-97-31-19-71-55(82)42-76-22-24-77(43-60(87)88)26-28-79(45-62(91)92)29-27-78(25-23-76)44-61(89)90/h50-52H,3-49H2,1-2H3,(H2,66,93)(H2,67,94)(H,68,80)(H,69,83)(H,70,81)(H,71,82)(H,72,84)(H,73,85)(H,74,95)(H,75,86)(H,87,88)(H,89,90)(H,91,92)/t50-,51-,52-/m0/s1. The lowest BCUT2D eigenvalue weighted by Gasteiger charge is -2.32. The highest BCUT2D eigenvalue weighted by Crippen LogP contribution is 2.09. The second-order valence-electron chi connectivity index (χ2n) is 24.4. The number of primary amides is 2. The van der Waals surface area contributed by atoms with Crippen LogP contribution in [0.4, 0.5) is 0 Å². The van der Waals surface area contributed by atoms with Crippen molar-refractivity contribution in [2.24, 2.45) is 23.3 Å². The molecule has 592 valence electrons. The van der Waals surface area contributed by atoms with Gasteiger partial charge in [0, 0.05) is 123 Å². The van der Waals surface area contributed by atoms with Crippen molar-refractivity contribution in [1.82, 2.24) is 62.1 Å². The topological polar surface area (TPSA) is 518 Å². The summed E-state index contributed by atoms with van der Waals surface area (Å²) in [6.07, 6.45) is 5.75. The number of nitrogens with one attached hydrogen (secondary N) is 8. The Kier molecular flexibility index (Phi) is 56.4. The summed E-state index contributed by atoms with van der Waals surface area (Å²) in [6.45, 7) is 7.68. The van der Waals surface area contributed by atoms with Gasteiger partial charge in [-0.15, -0.1) is 0 Å². The number of nitrogens with zero attached hydrogens (tertiary/aromatic N) is 4. The lowest BCUT2D eigenvalue weighted by atomic mass is 10.0. The van der Waals surface area contributed by atoms with Gasteiger partial charge in [0.2, 0.25) is 59.1 Å². The van der Waals surface area contributed by atoms with E-state index >= 15 is 0 Å². The third kappa shape index (κ3) is 57.7. The van der Waals surface area contributed by atoms with Gasteiger partial charge in [-0.1, -0.05) is 26.7 Å². The summed E-state index contributed by atoms with van der Waals surface area (Å²) >= 11 is 0. The number of unbranched alkanes of at least 4 members (excludes halogenated alkanes) is 3. The van der Waals surface area contributed by atoms with Crippen LogP contribution in [-0.4, -0.2) is 348 Å². The SMILES string of the molecule is C[C@@H](CCCCNC(=O)COCCOCCNC(=O)COCCOCCNC(=O)CCCC(=O)NCCCC[C@H](NC(=O)COCCOCCNC(=O)COCCOCCNC(=O)CN1CCN(CC(=O)O)CCN(CC(=O)O)CCN(CC(=O)O)CC1)C(=O)NCCCC[C@H](C)C(N)=O)C(N)=O. The molecule has 0 aromatic rings. The van der Waals surface area contributed by atoms with Crippen molar-refractivity contribution in [1.29, 1.82) is 0 Å². The number of hydrogen-bond acceptors (Lipinski definition) is 25. The zero-order valence-electron chi connectivity index (χ0n) is 60.3. The quantitative estimate of drug-likeness (QED) is 0.0253. The van der Waals surface area contributed by atoms with Crippen LogP contribution in [0.25, 0.3) is 0 Å². The summed E-state index contributed by atoms with van der Waals surface area (Å²) in [5.41, 5.74) is 10.6. The molecule has 0 aromatic carbocycles. The molecule has 1 fully saturated rings. The Balaban J connectivity index is 2.25. The lowest BCUT2D eigenvalue weighted by Crippen LogP contribution is -2.50. The molecule has 1 aliphatic heterocycles. The first kappa shape index (κ1) is 93.6. The number of carboxylic acids is 3. The number of aliphatic carboxylic acids is 3. The fourth-order valence-electron chi connectivity index (χ4n) is 9.58. The molecule has 103 heavy (non-hydrogen) atoms. The van der Waals surface area contributed by atoms with E-state index in [2.05, 4.69) is 42.5 Å². The maximum Gasteiger partial charge on any atom is 0.317 e. The van der Waals surface area contributed by atoms with Gasteiger partial charge in [-0.3, -0.25) is 81.9 Å². The van der Waals surface area contributed by atoms with Crippen LogP contribution < -0.4 is 54.0 Å². The molecular weight excluding hydrogens is 1360 g/mol. The number of carboxylic acid groups (broad SMARTS) is 3. The molecule has 1 heterocycles. The Morgan fingerprint density at radius 1 is 0.320 bits per heavy atom. The summed E-state index contributed by atoms with van der Waals surface area (Å²) in [7, 11) is 0. The number of carbonyl (C=O) groups is 13. The molecule has 15 N–H and O–H groups in total. The minimum absolute atomic E-state index is 0.0369. The van der Waals surface area contributed by atoms with E-state index in [-0.39, 0.29) is 264 Å². The van der Waals surface area contributed by atoms with Gasteiger partial charge in [0.1, 0.15) is 32.5 Å². The Labute approximate surface area is 603 Å². The van der Waals surface area contributed by atoms with Crippen LogP contribution in [0.15, 0.2) is 0 Å². The van der Waals surface area contributed by atoms with Crippen molar-refractivity contribution in [3.05, 3.63) is 0 Å². The smallest absolute Gasteiger partial charge is 0.317 e. The molecule has 1 rings (SSSR count). The molecule has 1 aliphatic rings. The Hall–Kier alpha value is -7.37. The number of hydrogen-bond donors (Lipinski definition) is 13. The molecule has 0 bridgehead atoms. The van der Waals surface area contributed by atoms with E-state index in [1.54, 1.807) is 33.4 Å². The van der Waals surface area contributed by atoms with Gasteiger partial charge in [0.15, 0.2) is 0 Å². The number of carbonyl (C=O) groups excluding carboxylic acids is 10. The molecule has 0 unspecified atom stereocenters. The molecule has 0 spiro atoms. The molecule has 38 nitrogen and oxygen atoms in total. The van der Waals surface area contributed by atoms with E-state index in [4.69, 9.17) is 49.4 Å². The number of nitrogens with two attached hydrogens (primary N) is 2. The Morgan fingerprint density at radius 3 is 0.951 bits per heavy atom. The van der Waals surface area contributed by atoms with Crippen LogP contribution in [0.5, 0.6) is 0 Å². The molecule has 0 aromatic heterocycles. The third-order valence-corrected chi connectivity index (χ3v) is 15.5. The van der Waals surface area contributed by atoms with Crippen molar-refractivity contribution in [3.8, 4) is 0 Å². The third-order valence-electron chi connectivity index (χ3n) is 15.5. The van der Waals surface area contributed by atoms with Gasteiger partial charge >= 0.3 is 17.9 Å². The minimum Gasteiger partial charge on any atom is -0.480 e. The average Bonchev–Trinajstić information content (AvgIpc) is 1.31. The van der Waals surface area contributed by atoms with E-state index in [9.17, 15) is 77.6 Å². The molecule has 0 radical (unpaired) electrons. The largest absolute Gasteiger partial charge is 0.480 e. The van der Waals surface area contributed by atoms with Crippen molar-refractivity contribution in [2.45, 2.75) is 96.9 Å². The average molecular weight is 1480 g/mol. The Bertz CT molecular complexity index is 2430. The van der Waals surface area contributed by atoms with Crippen LogP contribution in [0, 0.1) is 11.8 Å². The summed E-state index contributed by atoms with van der Waals surface area (Å²) < 4.78 is 43.3. The van der Waals surface area contributed by atoms with Gasteiger partial charge < -0.3 is 107 Å². The normalized spacial score (nSPS) is 14.3. The van der Waals surface area contributed by atoms with Crippen molar-refractivity contribution < 1.29 is 116 Å². The van der Waals surface area contributed by atoms with Crippen molar-refractivity contribution >= 4 is 77.0 Å². The van der Waals surface area contributed by atoms with Crippen LogP contribution in [0.3, 0.4) is 0 Å².